The molecule has 0 saturated heterocycles. The maximum absolute atomic E-state index is 5.37. The number of hydrogen-bond acceptors (Lipinski definition) is 5. The van der Waals surface area contributed by atoms with Crippen LogP contribution < -0.4 is 5.32 Å². The summed E-state index contributed by atoms with van der Waals surface area (Å²) in [5.74, 6) is 1.57. The van der Waals surface area contributed by atoms with Crippen LogP contribution in [0.3, 0.4) is 0 Å². The highest BCUT2D eigenvalue weighted by atomic mass is 16.5. The highest BCUT2D eigenvalue weighted by Crippen LogP contribution is 2.33. The third-order valence-corrected chi connectivity index (χ3v) is 3.77. The van der Waals surface area contributed by atoms with Gasteiger partial charge in [-0.25, -0.2) is 0 Å². The van der Waals surface area contributed by atoms with E-state index in [-0.39, 0.29) is 0 Å². The number of benzene rings is 1. The van der Waals surface area contributed by atoms with Gasteiger partial charge in [0.15, 0.2) is 0 Å². The van der Waals surface area contributed by atoms with Gasteiger partial charge in [0.05, 0.1) is 0 Å². The van der Waals surface area contributed by atoms with E-state index in [1.165, 1.54) is 11.3 Å². The molecule has 1 atom stereocenters. The van der Waals surface area contributed by atoms with Gasteiger partial charge >= 0.3 is 0 Å². The number of nitrogens with one attached hydrogen (secondary N) is 1. The van der Waals surface area contributed by atoms with E-state index in [0.717, 1.165) is 18.7 Å². The van der Waals surface area contributed by atoms with Crippen molar-refractivity contribution < 1.29 is 4.52 Å². The first-order valence-corrected chi connectivity index (χ1v) is 6.95. The molecule has 0 amide bonds. The topological polar surface area (TPSA) is 68.8 Å². The number of rotatable bonds is 3. The zero-order valence-corrected chi connectivity index (χ0v) is 11.7. The van der Waals surface area contributed by atoms with Crippen molar-refractivity contribution in [1.29, 1.82) is 0 Å². The summed E-state index contributed by atoms with van der Waals surface area (Å²) < 4.78 is 7.09. The minimum atomic E-state index is 0.373. The van der Waals surface area contributed by atoms with E-state index in [2.05, 4.69) is 38.8 Å². The van der Waals surface area contributed by atoms with Gasteiger partial charge in [-0.05, 0) is 17.7 Å². The SMILES string of the molecule is Cn1ccc(-c2noc(CC3CNc4ccccc43)n2)n1. The van der Waals surface area contributed by atoms with E-state index in [0.29, 0.717) is 17.6 Å². The fourth-order valence-corrected chi connectivity index (χ4v) is 2.73. The molecule has 1 N–H and O–H groups in total. The van der Waals surface area contributed by atoms with Crippen molar-refractivity contribution in [2.24, 2.45) is 7.05 Å². The Morgan fingerprint density at radius 1 is 1.33 bits per heavy atom. The van der Waals surface area contributed by atoms with Crippen LogP contribution in [0, 0.1) is 0 Å². The van der Waals surface area contributed by atoms with E-state index in [4.69, 9.17) is 4.52 Å². The van der Waals surface area contributed by atoms with Crippen LogP contribution in [0.15, 0.2) is 41.1 Å². The van der Waals surface area contributed by atoms with Gasteiger partial charge in [-0.2, -0.15) is 10.1 Å². The van der Waals surface area contributed by atoms with Crippen molar-refractivity contribution in [1.82, 2.24) is 19.9 Å². The molecule has 106 valence electrons. The Morgan fingerprint density at radius 2 is 2.24 bits per heavy atom. The Kier molecular flexibility index (Phi) is 2.73. The average molecular weight is 281 g/mol. The van der Waals surface area contributed by atoms with Crippen LogP contribution in [0.1, 0.15) is 17.4 Å². The lowest BCUT2D eigenvalue weighted by atomic mass is 9.98. The summed E-state index contributed by atoms with van der Waals surface area (Å²) in [6, 6.07) is 10.2. The zero-order chi connectivity index (χ0) is 14.2. The average Bonchev–Trinajstić information content (AvgIpc) is 3.20. The van der Waals surface area contributed by atoms with Crippen LogP contribution in [-0.4, -0.2) is 26.5 Å². The van der Waals surface area contributed by atoms with E-state index >= 15 is 0 Å². The Morgan fingerprint density at radius 3 is 3.10 bits per heavy atom. The van der Waals surface area contributed by atoms with E-state index < -0.39 is 0 Å². The number of nitrogens with zero attached hydrogens (tertiary/aromatic N) is 4. The smallest absolute Gasteiger partial charge is 0.227 e. The molecule has 3 aromatic rings. The highest BCUT2D eigenvalue weighted by molar-refractivity contribution is 5.57. The van der Waals surface area contributed by atoms with Crippen molar-refractivity contribution in [2.45, 2.75) is 12.3 Å². The molecule has 6 heteroatoms. The van der Waals surface area contributed by atoms with Gasteiger partial charge in [0.2, 0.25) is 11.7 Å². The summed E-state index contributed by atoms with van der Waals surface area (Å²) in [5.41, 5.74) is 3.25. The Hall–Kier alpha value is -2.63. The minimum Gasteiger partial charge on any atom is -0.384 e. The maximum Gasteiger partial charge on any atom is 0.227 e. The van der Waals surface area contributed by atoms with Crippen LogP contribution in [0.25, 0.3) is 11.5 Å². The maximum atomic E-state index is 5.37. The number of aromatic nitrogens is 4. The number of anilines is 1. The lowest BCUT2D eigenvalue weighted by Crippen LogP contribution is -2.05. The molecule has 6 nitrogen and oxygen atoms in total. The summed E-state index contributed by atoms with van der Waals surface area (Å²) >= 11 is 0. The summed E-state index contributed by atoms with van der Waals surface area (Å²) in [6.07, 6.45) is 2.60. The quantitative estimate of drug-likeness (QED) is 0.797. The van der Waals surface area contributed by atoms with Gasteiger partial charge < -0.3 is 9.84 Å². The Balaban J connectivity index is 1.55. The molecule has 1 aliphatic rings. The molecule has 0 radical (unpaired) electrons. The van der Waals surface area contributed by atoms with Crippen LogP contribution >= 0.6 is 0 Å². The van der Waals surface area contributed by atoms with Gasteiger partial charge in [0.25, 0.3) is 0 Å². The van der Waals surface area contributed by atoms with Crippen molar-refractivity contribution >= 4 is 5.69 Å². The number of para-hydroxylation sites is 1. The minimum absolute atomic E-state index is 0.373. The highest BCUT2D eigenvalue weighted by Gasteiger charge is 2.24. The van der Waals surface area contributed by atoms with Crippen LogP contribution in [0.4, 0.5) is 5.69 Å². The second kappa shape index (κ2) is 4.73. The molecule has 0 spiro atoms. The second-order valence-electron chi connectivity index (χ2n) is 5.26. The molecule has 1 aromatic carbocycles. The summed E-state index contributed by atoms with van der Waals surface area (Å²) in [5, 5.41) is 11.7. The standard InChI is InChI=1S/C15H15N5O/c1-20-7-6-13(18-20)15-17-14(21-19-15)8-10-9-16-12-5-3-2-4-11(10)12/h2-7,10,16H,8-9H2,1H3. The number of aryl methyl sites for hydroxylation is 1. The van der Waals surface area contributed by atoms with Crippen molar-refractivity contribution in [3.63, 3.8) is 0 Å². The molecule has 0 saturated carbocycles. The van der Waals surface area contributed by atoms with Gasteiger partial charge in [0.1, 0.15) is 5.69 Å². The monoisotopic (exact) mass is 281 g/mol. The number of fused-ring (bicyclic) bond motifs is 1. The lowest BCUT2D eigenvalue weighted by Gasteiger charge is -2.05. The summed E-state index contributed by atoms with van der Waals surface area (Å²) in [7, 11) is 1.87. The fourth-order valence-electron chi connectivity index (χ4n) is 2.73. The van der Waals surface area contributed by atoms with Gasteiger partial charge in [-0.15, -0.1) is 0 Å². The third-order valence-electron chi connectivity index (χ3n) is 3.77. The third kappa shape index (κ3) is 2.18. The molecule has 1 unspecified atom stereocenters. The van der Waals surface area contributed by atoms with E-state index in [1.54, 1.807) is 4.68 Å². The van der Waals surface area contributed by atoms with Crippen molar-refractivity contribution in [3.8, 4) is 11.5 Å². The molecule has 2 aromatic heterocycles. The lowest BCUT2D eigenvalue weighted by molar-refractivity contribution is 0.371. The van der Waals surface area contributed by atoms with Gasteiger partial charge in [-0.3, -0.25) is 4.68 Å². The van der Waals surface area contributed by atoms with Crippen molar-refractivity contribution in [3.05, 3.63) is 48.0 Å². The molecule has 4 rings (SSSR count). The first-order chi connectivity index (χ1) is 10.3. The molecule has 21 heavy (non-hydrogen) atoms. The Labute approximate surface area is 121 Å². The summed E-state index contributed by atoms with van der Waals surface area (Å²) in [6.45, 7) is 0.903. The van der Waals surface area contributed by atoms with Gasteiger partial charge in [-0.1, -0.05) is 23.4 Å². The predicted octanol–water partition coefficient (Wildman–Crippen LogP) is 2.22. The zero-order valence-electron chi connectivity index (χ0n) is 11.7. The van der Waals surface area contributed by atoms with E-state index in [1.807, 2.05) is 25.4 Å². The van der Waals surface area contributed by atoms with Crippen molar-refractivity contribution in [2.75, 3.05) is 11.9 Å². The molecule has 0 aliphatic carbocycles. The largest absolute Gasteiger partial charge is 0.384 e. The van der Waals surface area contributed by atoms with Crippen LogP contribution in [0.5, 0.6) is 0 Å². The molecular weight excluding hydrogens is 266 g/mol. The first kappa shape index (κ1) is 12.1. The molecular formula is C15H15N5O. The van der Waals surface area contributed by atoms with Gasteiger partial charge in [0, 0.05) is 37.8 Å². The molecule has 3 heterocycles. The van der Waals surface area contributed by atoms with Crippen LogP contribution in [-0.2, 0) is 13.5 Å². The first-order valence-electron chi connectivity index (χ1n) is 6.95. The summed E-state index contributed by atoms with van der Waals surface area (Å²) in [4.78, 5) is 4.45. The Bertz CT molecular complexity index is 776. The molecule has 0 bridgehead atoms. The van der Waals surface area contributed by atoms with Crippen LogP contribution in [0.2, 0.25) is 0 Å². The van der Waals surface area contributed by atoms with E-state index in [9.17, 15) is 0 Å². The second-order valence-corrected chi connectivity index (χ2v) is 5.26. The molecule has 1 aliphatic heterocycles. The number of hydrogen-bond donors (Lipinski definition) is 1. The normalized spacial score (nSPS) is 16.7. The predicted molar refractivity (Wildman–Crippen MR) is 77.9 cm³/mol. The fraction of sp³-hybridized carbons (Fsp3) is 0.267. The molecule has 0 fully saturated rings.